The molecule has 4 amide bonds. The summed E-state index contributed by atoms with van der Waals surface area (Å²) >= 11 is 12.0. The summed E-state index contributed by atoms with van der Waals surface area (Å²) in [6.07, 6.45) is 1.56. The van der Waals surface area contributed by atoms with E-state index >= 15 is 0 Å². The third-order valence-electron chi connectivity index (χ3n) is 4.86. The van der Waals surface area contributed by atoms with E-state index in [4.69, 9.17) is 23.2 Å². The molecule has 29 heavy (non-hydrogen) atoms. The van der Waals surface area contributed by atoms with E-state index in [1.807, 2.05) is 0 Å². The van der Waals surface area contributed by atoms with Crippen LogP contribution >= 0.6 is 23.2 Å². The Bertz CT molecular complexity index is 1040. The summed E-state index contributed by atoms with van der Waals surface area (Å²) in [5.74, 6) is -0.870. The number of anilines is 2. The van der Waals surface area contributed by atoms with E-state index in [-0.39, 0.29) is 5.57 Å². The van der Waals surface area contributed by atoms with Gasteiger partial charge in [0, 0.05) is 18.3 Å². The minimum absolute atomic E-state index is 0.273. The highest BCUT2D eigenvalue weighted by molar-refractivity contribution is 6.34. The van der Waals surface area contributed by atoms with Crippen LogP contribution in [-0.2, 0) is 9.59 Å². The maximum absolute atomic E-state index is 13.1. The van der Waals surface area contributed by atoms with Gasteiger partial charge in [0.25, 0.3) is 11.8 Å². The van der Waals surface area contributed by atoms with Crippen molar-refractivity contribution in [3.63, 3.8) is 0 Å². The minimum atomic E-state index is -0.772. The first-order valence-corrected chi connectivity index (χ1v) is 9.52. The lowest BCUT2D eigenvalue weighted by Crippen LogP contribution is -2.65. The summed E-state index contributed by atoms with van der Waals surface area (Å²) in [7, 11) is 1.68. The summed E-state index contributed by atoms with van der Waals surface area (Å²) in [4.78, 5) is 41.3. The van der Waals surface area contributed by atoms with E-state index in [0.717, 1.165) is 4.90 Å². The minimum Gasteiger partial charge on any atom is -0.366 e. The molecule has 2 atom stereocenters. The molecule has 0 radical (unpaired) electrons. The standard InChI is InChI=1S/C20H16Cl2N4O3/c1-25-10-13(18(27)23-15-5-3-2-4-14(15)22)16-17(25)19(28)26(20(29)24-16)12-8-6-11(21)7-9-12/h2-10,16-17H,1H3,(H,23,27)(H,24,29). The van der Waals surface area contributed by atoms with Crippen molar-refractivity contribution in [1.82, 2.24) is 10.2 Å². The normalized spacial score (nSPS) is 20.9. The van der Waals surface area contributed by atoms with E-state index < -0.39 is 29.9 Å². The SMILES string of the molecule is CN1C=C(C(=O)Nc2ccccc2Cl)C2NC(=O)N(c3ccc(Cl)cc3)C(=O)C21. The van der Waals surface area contributed by atoms with E-state index in [0.29, 0.717) is 21.4 Å². The molecule has 0 aromatic heterocycles. The van der Waals surface area contributed by atoms with Crippen molar-refractivity contribution in [3.05, 3.63) is 70.3 Å². The quantitative estimate of drug-likeness (QED) is 0.782. The molecule has 4 rings (SSSR count). The molecule has 0 spiro atoms. The molecule has 1 saturated heterocycles. The van der Waals surface area contributed by atoms with Gasteiger partial charge in [-0.05, 0) is 36.4 Å². The van der Waals surface area contributed by atoms with Gasteiger partial charge in [0.15, 0.2) is 0 Å². The second-order valence-electron chi connectivity index (χ2n) is 6.71. The monoisotopic (exact) mass is 430 g/mol. The number of benzene rings is 2. The van der Waals surface area contributed by atoms with Crippen LogP contribution in [0.3, 0.4) is 0 Å². The van der Waals surface area contributed by atoms with Crippen molar-refractivity contribution in [2.75, 3.05) is 17.3 Å². The van der Waals surface area contributed by atoms with Crippen LogP contribution in [0.15, 0.2) is 60.3 Å². The number of nitrogens with one attached hydrogen (secondary N) is 2. The van der Waals surface area contributed by atoms with Crippen LogP contribution in [0, 0.1) is 0 Å². The second kappa shape index (κ2) is 7.42. The maximum atomic E-state index is 13.1. The van der Waals surface area contributed by atoms with Gasteiger partial charge in [0.05, 0.1) is 28.0 Å². The fraction of sp³-hybridized carbons (Fsp3) is 0.150. The lowest BCUT2D eigenvalue weighted by Gasteiger charge is -2.37. The predicted octanol–water partition coefficient (Wildman–Crippen LogP) is 3.25. The number of rotatable bonds is 3. The molecular weight excluding hydrogens is 415 g/mol. The Balaban J connectivity index is 1.58. The Labute approximate surface area is 176 Å². The van der Waals surface area contributed by atoms with Crippen molar-refractivity contribution in [2.24, 2.45) is 0 Å². The van der Waals surface area contributed by atoms with E-state index in [9.17, 15) is 14.4 Å². The lowest BCUT2D eigenvalue weighted by atomic mass is 9.99. The van der Waals surface area contributed by atoms with Crippen molar-refractivity contribution >= 4 is 52.4 Å². The Kier molecular flexibility index (Phi) is 4.94. The third kappa shape index (κ3) is 3.43. The maximum Gasteiger partial charge on any atom is 0.329 e. The Morgan fingerprint density at radius 2 is 1.76 bits per heavy atom. The summed E-state index contributed by atoms with van der Waals surface area (Å²) in [5, 5.41) is 6.38. The van der Waals surface area contributed by atoms with Crippen molar-refractivity contribution in [3.8, 4) is 0 Å². The highest BCUT2D eigenvalue weighted by Gasteiger charge is 2.49. The van der Waals surface area contributed by atoms with Crippen LogP contribution in [0.2, 0.25) is 10.0 Å². The number of hydrogen-bond donors (Lipinski definition) is 2. The second-order valence-corrected chi connectivity index (χ2v) is 7.55. The number of urea groups is 1. The molecule has 2 aromatic carbocycles. The molecule has 2 aliphatic heterocycles. The van der Waals surface area contributed by atoms with Crippen molar-refractivity contribution in [2.45, 2.75) is 12.1 Å². The topological polar surface area (TPSA) is 81.8 Å². The van der Waals surface area contributed by atoms with Gasteiger partial charge in [-0.2, -0.15) is 0 Å². The fourth-order valence-electron chi connectivity index (χ4n) is 3.48. The molecule has 148 valence electrons. The predicted molar refractivity (Wildman–Crippen MR) is 111 cm³/mol. The molecule has 2 aromatic rings. The molecule has 1 fully saturated rings. The Morgan fingerprint density at radius 1 is 1.07 bits per heavy atom. The van der Waals surface area contributed by atoms with Crippen LogP contribution in [0.4, 0.5) is 16.2 Å². The van der Waals surface area contributed by atoms with Gasteiger partial charge in [-0.3, -0.25) is 9.59 Å². The van der Waals surface area contributed by atoms with Crippen molar-refractivity contribution < 1.29 is 14.4 Å². The van der Waals surface area contributed by atoms with Gasteiger partial charge in [-0.1, -0.05) is 35.3 Å². The average molecular weight is 431 g/mol. The van der Waals surface area contributed by atoms with Gasteiger partial charge in [0.1, 0.15) is 6.04 Å². The van der Waals surface area contributed by atoms with Crippen LogP contribution in [-0.4, -0.2) is 41.9 Å². The lowest BCUT2D eigenvalue weighted by molar-refractivity contribution is -0.122. The van der Waals surface area contributed by atoms with Gasteiger partial charge >= 0.3 is 6.03 Å². The van der Waals surface area contributed by atoms with Crippen LogP contribution in [0.5, 0.6) is 0 Å². The van der Waals surface area contributed by atoms with Gasteiger partial charge in [-0.25, -0.2) is 9.69 Å². The van der Waals surface area contributed by atoms with Crippen LogP contribution in [0.1, 0.15) is 0 Å². The summed E-state index contributed by atoms with van der Waals surface area (Å²) in [5.41, 5.74) is 1.12. The Hall–Kier alpha value is -3.03. The zero-order valence-electron chi connectivity index (χ0n) is 15.2. The number of likely N-dealkylation sites (N-methyl/N-ethyl adjacent to an activating group) is 1. The average Bonchev–Trinajstić information content (AvgIpc) is 3.01. The molecular formula is C20H16Cl2N4O3. The molecule has 7 nitrogen and oxygen atoms in total. The number of fused-ring (bicyclic) bond motifs is 1. The van der Waals surface area contributed by atoms with Crippen LogP contribution < -0.4 is 15.5 Å². The molecule has 9 heteroatoms. The molecule has 0 bridgehead atoms. The number of carbonyl (C=O) groups is 3. The number of amides is 4. The third-order valence-corrected chi connectivity index (χ3v) is 5.44. The molecule has 0 saturated carbocycles. The van der Waals surface area contributed by atoms with E-state index in [2.05, 4.69) is 10.6 Å². The van der Waals surface area contributed by atoms with Gasteiger partial charge in [-0.15, -0.1) is 0 Å². The molecule has 2 aliphatic rings. The smallest absolute Gasteiger partial charge is 0.329 e. The number of imide groups is 1. The summed E-state index contributed by atoms with van der Waals surface area (Å²) in [6.45, 7) is 0. The summed E-state index contributed by atoms with van der Waals surface area (Å²) < 4.78 is 0. The number of halogens is 2. The molecule has 2 heterocycles. The van der Waals surface area contributed by atoms with Crippen molar-refractivity contribution in [1.29, 1.82) is 0 Å². The molecule has 2 N–H and O–H groups in total. The van der Waals surface area contributed by atoms with E-state index in [1.165, 1.54) is 0 Å². The number of nitrogens with zero attached hydrogens (tertiary/aromatic N) is 2. The highest BCUT2D eigenvalue weighted by Crippen LogP contribution is 2.31. The van der Waals surface area contributed by atoms with Gasteiger partial charge in [0.2, 0.25) is 0 Å². The zero-order chi connectivity index (χ0) is 20.7. The summed E-state index contributed by atoms with van der Waals surface area (Å²) in [6, 6.07) is 11.1. The fourth-order valence-corrected chi connectivity index (χ4v) is 3.79. The number of carbonyl (C=O) groups excluding carboxylic acids is 3. The molecule has 0 aliphatic carbocycles. The Morgan fingerprint density at radius 3 is 2.45 bits per heavy atom. The number of para-hydroxylation sites is 1. The first-order chi connectivity index (χ1) is 13.9. The number of hydrogen-bond acceptors (Lipinski definition) is 4. The first kappa shape index (κ1) is 19.3. The first-order valence-electron chi connectivity index (χ1n) is 8.76. The van der Waals surface area contributed by atoms with Crippen LogP contribution in [0.25, 0.3) is 0 Å². The van der Waals surface area contributed by atoms with Gasteiger partial charge < -0.3 is 15.5 Å². The zero-order valence-corrected chi connectivity index (χ0v) is 16.7. The molecule has 2 unspecified atom stereocenters. The highest BCUT2D eigenvalue weighted by atomic mass is 35.5. The largest absolute Gasteiger partial charge is 0.366 e. The van der Waals surface area contributed by atoms with E-state index in [1.54, 1.807) is 66.7 Å².